The highest BCUT2D eigenvalue weighted by Crippen LogP contribution is 2.16. The second kappa shape index (κ2) is 8.59. The molecule has 164 valence electrons. The van der Waals surface area contributed by atoms with E-state index in [4.69, 9.17) is 0 Å². The molecule has 2 aromatic carbocycles. The van der Waals surface area contributed by atoms with Crippen LogP contribution in [0.4, 0.5) is 5.69 Å². The standard InChI is InChI=1S/C25H28N6O/c1-18-8-10-20(11-9-18)16-22-19(2)26-25-27-23(28-31(25)24(22)32)17-29-12-14-30(15-13-29)21-6-4-3-5-7-21/h3-11H,12-17H2,1-2H3,(H,26,27,28). The van der Waals surface area contributed by atoms with Crippen molar-refractivity contribution >= 4 is 11.5 Å². The van der Waals surface area contributed by atoms with Gasteiger partial charge in [0.05, 0.1) is 12.2 Å². The van der Waals surface area contributed by atoms with Crippen LogP contribution in [-0.2, 0) is 13.0 Å². The average Bonchev–Trinajstić information content (AvgIpc) is 3.21. The van der Waals surface area contributed by atoms with Crippen molar-refractivity contribution in [3.05, 3.63) is 93.2 Å². The molecular formula is C25H28N6O. The van der Waals surface area contributed by atoms with Crippen molar-refractivity contribution in [2.75, 3.05) is 31.1 Å². The lowest BCUT2D eigenvalue weighted by molar-refractivity contribution is 0.244. The monoisotopic (exact) mass is 428 g/mol. The van der Waals surface area contributed by atoms with Gasteiger partial charge in [0, 0.05) is 43.9 Å². The molecule has 0 saturated carbocycles. The second-order valence-electron chi connectivity index (χ2n) is 8.55. The summed E-state index contributed by atoms with van der Waals surface area (Å²) in [7, 11) is 0. The van der Waals surface area contributed by atoms with E-state index in [1.54, 1.807) is 0 Å². The zero-order valence-corrected chi connectivity index (χ0v) is 18.6. The Hall–Kier alpha value is -3.45. The Kier molecular flexibility index (Phi) is 5.49. The van der Waals surface area contributed by atoms with Gasteiger partial charge < -0.3 is 4.90 Å². The van der Waals surface area contributed by atoms with Gasteiger partial charge in [-0.1, -0.05) is 48.0 Å². The Labute approximate surface area is 187 Å². The van der Waals surface area contributed by atoms with Crippen LogP contribution < -0.4 is 10.5 Å². The van der Waals surface area contributed by atoms with Crippen molar-refractivity contribution in [2.45, 2.75) is 26.8 Å². The normalized spacial score (nSPS) is 14.9. The zero-order valence-electron chi connectivity index (χ0n) is 18.6. The summed E-state index contributed by atoms with van der Waals surface area (Å²) < 4.78 is 1.49. The van der Waals surface area contributed by atoms with Crippen LogP contribution in [0.2, 0.25) is 0 Å². The molecule has 5 rings (SSSR count). The summed E-state index contributed by atoms with van der Waals surface area (Å²) in [6, 6.07) is 18.8. The minimum atomic E-state index is -0.0688. The molecule has 32 heavy (non-hydrogen) atoms. The van der Waals surface area contributed by atoms with Crippen LogP contribution in [-0.4, -0.2) is 50.7 Å². The summed E-state index contributed by atoms with van der Waals surface area (Å²) >= 11 is 0. The predicted octanol–water partition coefficient (Wildman–Crippen LogP) is 2.95. The Morgan fingerprint density at radius 1 is 0.906 bits per heavy atom. The third-order valence-electron chi connectivity index (χ3n) is 6.21. The minimum absolute atomic E-state index is 0.0688. The van der Waals surface area contributed by atoms with Gasteiger partial charge in [0.2, 0.25) is 0 Å². The first kappa shape index (κ1) is 20.5. The summed E-state index contributed by atoms with van der Waals surface area (Å²) in [5, 5.41) is 3.19. The maximum Gasteiger partial charge on any atom is 0.277 e. The highest BCUT2D eigenvalue weighted by Gasteiger charge is 2.19. The number of fused-ring (bicyclic) bond motifs is 1. The summed E-state index contributed by atoms with van der Waals surface area (Å²) in [5.74, 6) is 1.22. The largest absolute Gasteiger partial charge is 0.369 e. The van der Waals surface area contributed by atoms with E-state index in [1.165, 1.54) is 15.8 Å². The van der Waals surface area contributed by atoms with E-state index in [0.717, 1.165) is 43.3 Å². The molecule has 0 aliphatic carbocycles. The third kappa shape index (κ3) is 4.16. The van der Waals surface area contributed by atoms with Crippen LogP contribution in [0.3, 0.4) is 0 Å². The maximum absolute atomic E-state index is 13.2. The molecule has 7 nitrogen and oxygen atoms in total. The molecule has 0 spiro atoms. The first-order chi connectivity index (χ1) is 15.6. The Balaban J connectivity index is 1.31. The van der Waals surface area contributed by atoms with E-state index in [1.807, 2.05) is 13.0 Å². The van der Waals surface area contributed by atoms with Crippen LogP contribution in [0, 0.1) is 13.8 Å². The number of piperazine rings is 1. The molecule has 0 radical (unpaired) electrons. The molecule has 0 atom stereocenters. The predicted molar refractivity (Wildman–Crippen MR) is 126 cm³/mol. The van der Waals surface area contributed by atoms with Gasteiger partial charge >= 0.3 is 0 Å². The number of para-hydroxylation sites is 1. The number of nitrogens with one attached hydrogen (secondary N) is 1. The lowest BCUT2D eigenvalue weighted by Crippen LogP contribution is -2.46. The molecule has 1 fully saturated rings. The van der Waals surface area contributed by atoms with Gasteiger partial charge in [-0.15, -0.1) is 0 Å². The van der Waals surface area contributed by atoms with Gasteiger partial charge in [0.1, 0.15) is 5.82 Å². The Morgan fingerprint density at radius 3 is 2.34 bits per heavy atom. The third-order valence-corrected chi connectivity index (χ3v) is 6.21. The van der Waals surface area contributed by atoms with Gasteiger partial charge in [0.15, 0.2) is 0 Å². The summed E-state index contributed by atoms with van der Waals surface area (Å²) in [6.07, 6.45) is 0.566. The van der Waals surface area contributed by atoms with Crippen molar-refractivity contribution < 1.29 is 0 Å². The van der Waals surface area contributed by atoms with E-state index in [2.05, 4.69) is 80.3 Å². The molecule has 3 heterocycles. The SMILES string of the molecule is Cc1ccc(Cc2c(C)nc3nc(CN4CCN(c5ccccc5)CC4)[nH]n3c2=O)cc1. The topological polar surface area (TPSA) is 69.5 Å². The van der Waals surface area contributed by atoms with Crippen molar-refractivity contribution in [1.82, 2.24) is 24.5 Å². The number of aryl methyl sites for hydroxylation is 2. The van der Waals surface area contributed by atoms with Gasteiger partial charge in [-0.05, 0) is 31.5 Å². The maximum atomic E-state index is 13.2. The van der Waals surface area contributed by atoms with Crippen molar-refractivity contribution in [3.8, 4) is 0 Å². The van der Waals surface area contributed by atoms with E-state index in [0.29, 0.717) is 24.3 Å². The van der Waals surface area contributed by atoms with Gasteiger partial charge in [-0.2, -0.15) is 9.50 Å². The molecule has 1 aliphatic heterocycles. The number of nitrogens with zero attached hydrogens (tertiary/aromatic N) is 5. The van der Waals surface area contributed by atoms with Crippen LogP contribution >= 0.6 is 0 Å². The second-order valence-corrected chi connectivity index (χ2v) is 8.55. The summed E-state index contributed by atoms with van der Waals surface area (Å²) in [4.78, 5) is 27.1. The van der Waals surface area contributed by atoms with Crippen LogP contribution in [0.15, 0.2) is 59.4 Å². The number of aromatic nitrogens is 4. The van der Waals surface area contributed by atoms with Crippen molar-refractivity contribution in [3.63, 3.8) is 0 Å². The highest BCUT2D eigenvalue weighted by atomic mass is 16.1. The quantitative estimate of drug-likeness (QED) is 0.529. The fourth-order valence-electron chi connectivity index (χ4n) is 4.30. The van der Waals surface area contributed by atoms with E-state index in [9.17, 15) is 4.79 Å². The summed E-state index contributed by atoms with van der Waals surface area (Å²) in [6.45, 7) is 8.48. The van der Waals surface area contributed by atoms with Crippen molar-refractivity contribution in [1.29, 1.82) is 0 Å². The van der Waals surface area contributed by atoms with Crippen LogP contribution in [0.25, 0.3) is 5.78 Å². The molecule has 1 N–H and O–H groups in total. The molecule has 1 saturated heterocycles. The average molecular weight is 429 g/mol. The zero-order chi connectivity index (χ0) is 22.1. The van der Waals surface area contributed by atoms with Crippen molar-refractivity contribution in [2.24, 2.45) is 0 Å². The van der Waals surface area contributed by atoms with E-state index < -0.39 is 0 Å². The molecular weight excluding hydrogens is 400 g/mol. The first-order valence-electron chi connectivity index (χ1n) is 11.1. The smallest absolute Gasteiger partial charge is 0.277 e. The lowest BCUT2D eigenvalue weighted by Gasteiger charge is -2.35. The number of rotatable bonds is 5. The molecule has 1 aliphatic rings. The number of hydrogen-bond acceptors (Lipinski definition) is 5. The molecule has 4 aromatic rings. The Bertz CT molecular complexity index is 1270. The fraction of sp³-hybridized carbons (Fsp3) is 0.320. The van der Waals surface area contributed by atoms with Crippen LogP contribution in [0.5, 0.6) is 0 Å². The molecule has 0 amide bonds. The number of aromatic amines is 1. The number of H-pyrrole nitrogens is 1. The number of benzene rings is 2. The van der Waals surface area contributed by atoms with E-state index in [-0.39, 0.29) is 5.56 Å². The molecule has 7 heteroatoms. The van der Waals surface area contributed by atoms with Gasteiger partial charge in [-0.3, -0.25) is 14.8 Å². The summed E-state index contributed by atoms with van der Waals surface area (Å²) in [5.41, 5.74) is 4.96. The molecule has 0 unspecified atom stereocenters. The number of hydrogen-bond donors (Lipinski definition) is 1. The molecule has 0 bridgehead atoms. The van der Waals surface area contributed by atoms with Gasteiger partial charge in [-0.25, -0.2) is 4.98 Å². The minimum Gasteiger partial charge on any atom is -0.369 e. The van der Waals surface area contributed by atoms with Gasteiger partial charge in [0.25, 0.3) is 11.3 Å². The fourth-order valence-corrected chi connectivity index (χ4v) is 4.30. The van der Waals surface area contributed by atoms with E-state index >= 15 is 0 Å². The highest BCUT2D eigenvalue weighted by molar-refractivity contribution is 5.46. The first-order valence-corrected chi connectivity index (χ1v) is 11.1. The van der Waals surface area contributed by atoms with Crippen LogP contribution in [0.1, 0.15) is 28.2 Å². The lowest BCUT2D eigenvalue weighted by atomic mass is 10.0. The Morgan fingerprint density at radius 2 is 1.62 bits per heavy atom. The molecule has 2 aromatic heterocycles. The number of anilines is 1.